The number of rotatable bonds is 5. The van der Waals surface area contributed by atoms with Crippen molar-refractivity contribution in [1.29, 1.82) is 0 Å². The van der Waals surface area contributed by atoms with Gasteiger partial charge in [0, 0.05) is 51.2 Å². The van der Waals surface area contributed by atoms with Gasteiger partial charge in [-0.05, 0) is 6.42 Å². The van der Waals surface area contributed by atoms with Gasteiger partial charge in [-0.15, -0.1) is 0 Å². The molecule has 11 nitrogen and oxygen atoms in total. The number of fused-ring (bicyclic) bond motifs is 1. The van der Waals surface area contributed by atoms with E-state index in [1.54, 1.807) is 0 Å². The summed E-state index contributed by atoms with van der Waals surface area (Å²) in [5.41, 5.74) is 6.58. The number of morpholine rings is 1. The van der Waals surface area contributed by atoms with Crippen LogP contribution >= 0.6 is 0 Å². The van der Waals surface area contributed by atoms with Crippen LogP contribution < -0.4 is 26.2 Å². The third-order valence-corrected chi connectivity index (χ3v) is 6.43. The van der Waals surface area contributed by atoms with Gasteiger partial charge in [0.1, 0.15) is 12.2 Å². The van der Waals surface area contributed by atoms with E-state index >= 15 is 0 Å². The average molecular weight is 495 g/mol. The molecule has 3 aliphatic rings. The van der Waals surface area contributed by atoms with Gasteiger partial charge in [0.05, 0.1) is 18.8 Å². The molecule has 2 aromatic rings. The van der Waals surface area contributed by atoms with Crippen LogP contribution in [0.25, 0.3) is 11.4 Å². The zero-order valence-corrected chi connectivity index (χ0v) is 19.4. The third-order valence-electron chi connectivity index (χ3n) is 6.43. The van der Waals surface area contributed by atoms with Crippen LogP contribution in [0, 0.1) is 0 Å². The summed E-state index contributed by atoms with van der Waals surface area (Å²) in [6, 6.07) is 0.203. The molecule has 0 aliphatic carbocycles. The van der Waals surface area contributed by atoms with E-state index in [1.807, 2.05) is 9.80 Å². The largest absolute Gasteiger partial charge is 0.406 e. The van der Waals surface area contributed by atoms with Crippen molar-refractivity contribution in [2.75, 3.05) is 73.3 Å². The standard InChI is InChI=1S/C21H29F3N10O/c1-2-14-11-33(4-3-26-14)20-29-15-17(32-5-7-35-8-6-32)30-16(13-9-27-19(25)28-10-13)31-18(15)34(20)12-21(22,23)24/h9-10,14,20,26,29H,2-8,11-12H2,1H3,(H2,25,27,28)/t14-,20?/m0/s1. The van der Waals surface area contributed by atoms with Gasteiger partial charge in [0.2, 0.25) is 5.95 Å². The van der Waals surface area contributed by atoms with Gasteiger partial charge in [0.15, 0.2) is 23.7 Å². The van der Waals surface area contributed by atoms with Gasteiger partial charge in [-0.2, -0.15) is 13.2 Å². The maximum Gasteiger partial charge on any atom is 0.406 e. The minimum absolute atomic E-state index is 0.0907. The summed E-state index contributed by atoms with van der Waals surface area (Å²) in [6.07, 6.45) is -1.29. The van der Waals surface area contributed by atoms with E-state index in [-0.39, 0.29) is 23.6 Å². The fourth-order valence-electron chi connectivity index (χ4n) is 4.67. The molecule has 35 heavy (non-hydrogen) atoms. The number of nitrogen functional groups attached to an aromatic ring is 1. The molecule has 0 amide bonds. The van der Waals surface area contributed by atoms with Crippen LogP contribution in [-0.2, 0) is 4.74 Å². The fourth-order valence-corrected chi connectivity index (χ4v) is 4.67. The molecule has 2 aromatic heterocycles. The highest BCUT2D eigenvalue weighted by molar-refractivity contribution is 5.85. The van der Waals surface area contributed by atoms with Crippen molar-refractivity contribution in [3.8, 4) is 11.4 Å². The summed E-state index contributed by atoms with van der Waals surface area (Å²) in [7, 11) is 0. The van der Waals surface area contributed by atoms with E-state index < -0.39 is 19.0 Å². The molecule has 3 aliphatic heterocycles. The van der Waals surface area contributed by atoms with Gasteiger partial charge in [0.25, 0.3) is 0 Å². The molecule has 5 heterocycles. The number of anilines is 4. The zero-order valence-electron chi connectivity index (χ0n) is 19.4. The number of alkyl halides is 3. The zero-order chi connectivity index (χ0) is 24.6. The maximum absolute atomic E-state index is 13.8. The molecule has 0 bridgehead atoms. The second-order valence-electron chi connectivity index (χ2n) is 8.81. The first kappa shape index (κ1) is 23.8. The van der Waals surface area contributed by atoms with Crippen LogP contribution in [-0.4, -0.2) is 95.8 Å². The van der Waals surface area contributed by atoms with Crippen LogP contribution in [0.3, 0.4) is 0 Å². The molecule has 0 saturated carbocycles. The number of nitrogens with one attached hydrogen (secondary N) is 2. The van der Waals surface area contributed by atoms with Crippen molar-refractivity contribution in [2.24, 2.45) is 0 Å². The van der Waals surface area contributed by atoms with E-state index in [9.17, 15) is 13.2 Å². The summed E-state index contributed by atoms with van der Waals surface area (Å²) in [5, 5.41) is 6.76. The number of halogens is 3. The topological polar surface area (TPSA) is 121 Å². The van der Waals surface area contributed by atoms with Crippen LogP contribution in [0.2, 0.25) is 0 Å². The van der Waals surface area contributed by atoms with Crippen molar-refractivity contribution >= 4 is 23.3 Å². The Morgan fingerprint density at radius 2 is 1.83 bits per heavy atom. The van der Waals surface area contributed by atoms with Crippen molar-refractivity contribution in [2.45, 2.75) is 31.9 Å². The van der Waals surface area contributed by atoms with E-state index in [1.165, 1.54) is 17.3 Å². The maximum atomic E-state index is 13.8. The summed E-state index contributed by atoms with van der Waals surface area (Å²) in [5.74, 6) is 1.09. The molecular formula is C21H29F3N10O. The molecule has 0 spiro atoms. The number of nitrogens with zero attached hydrogens (tertiary/aromatic N) is 7. The fraction of sp³-hybridized carbons (Fsp3) is 0.619. The summed E-state index contributed by atoms with van der Waals surface area (Å²) in [4.78, 5) is 22.7. The molecule has 14 heteroatoms. The molecule has 190 valence electrons. The monoisotopic (exact) mass is 494 g/mol. The van der Waals surface area contributed by atoms with Crippen molar-refractivity contribution in [3.63, 3.8) is 0 Å². The lowest BCUT2D eigenvalue weighted by Gasteiger charge is -2.41. The molecule has 5 rings (SSSR count). The highest BCUT2D eigenvalue weighted by atomic mass is 19.4. The number of hydrogen-bond acceptors (Lipinski definition) is 11. The Hall–Kier alpha value is -2.97. The molecule has 0 radical (unpaired) electrons. The Morgan fingerprint density at radius 1 is 1.11 bits per heavy atom. The number of aromatic nitrogens is 4. The van der Waals surface area contributed by atoms with E-state index in [0.29, 0.717) is 63.0 Å². The predicted molar refractivity (Wildman–Crippen MR) is 125 cm³/mol. The molecule has 2 atom stereocenters. The molecule has 1 unspecified atom stereocenters. The molecule has 2 saturated heterocycles. The quantitative estimate of drug-likeness (QED) is 0.554. The first-order valence-corrected chi connectivity index (χ1v) is 11.7. The van der Waals surface area contributed by atoms with Gasteiger partial charge >= 0.3 is 6.18 Å². The summed E-state index contributed by atoms with van der Waals surface area (Å²) in [6.45, 7) is 4.99. The van der Waals surface area contributed by atoms with Crippen LogP contribution in [0.1, 0.15) is 13.3 Å². The van der Waals surface area contributed by atoms with Gasteiger partial charge < -0.3 is 30.9 Å². The third kappa shape index (κ3) is 5.04. The number of hydrogen-bond donors (Lipinski definition) is 3. The Morgan fingerprint density at radius 3 is 2.51 bits per heavy atom. The van der Waals surface area contributed by atoms with Crippen molar-refractivity contribution in [1.82, 2.24) is 30.2 Å². The Bertz CT molecular complexity index is 1030. The highest BCUT2D eigenvalue weighted by Gasteiger charge is 2.44. The molecular weight excluding hydrogens is 465 g/mol. The Labute approximate surface area is 200 Å². The van der Waals surface area contributed by atoms with Crippen LogP contribution in [0.4, 0.5) is 36.4 Å². The molecule has 2 fully saturated rings. The van der Waals surface area contributed by atoms with E-state index in [0.717, 1.165) is 6.42 Å². The van der Waals surface area contributed by atoms with Crippen LogP contribution in [0.15, 0.2) is 12.4 Å². The van der Waals surface area contributed by atoms with E-state index in [2.05, 4.69) is 32.5 Å². The molecule has 0 aromatic carbocycles. The summed E-state index contributed by atoms with van der Waals surface area (Å²) >= 11 is 0. The lowest BCUT2D eigenvalue weighted by Crippen LogP contribution is -2.60. The van der Waals surface area contributed by atoms with Gasteiger partial charge in [-0.3, -0.25) is 4.90 Å². The first-order valence-electron chi connectivity index (χ1n) is 11.7. The Kier molecular flexibility index (Phi) is 6.51. The van der Waals surface area contributed by atoms with Gasteiger partial charge in [-0.1, -0.05) is 6.92 Å². The van der Waals surface area contributed by atoms with Crippen LogP contribution in [0.5, 0.6) is 0 Å². The second kappa shape index (κ2) is 9.59. The predicted octanol–water partition coefficient (Wildman–Crippen LogP) is 1.11. The lowest BCUT2D eigenvalue weighted by atomic mass is 10.1. The second-order valence-corrected chi connectivity index (χ2v) is 8.81. The Balaban J connectivity index is 1.59. The summed E-state index contributed by atoms with van der Waals surface area (Å²) < 4.78 is 46.9. The minimum atomic E-state index is -4.42. The molecule has 4 N–H and O–H groups in total. The van der Waals surface area contributed by atoms with Crippen molar-refractivity contribution < 1.29 is 17.9 Å². The average Bonchev–Trinajstić information content (AvgIpc) is 3.21. The van der Waals surface area contributed by atoms with E-state index in [4.69, 9.17) is 15.5 Å². The normalized spacial score (nSPS) is 23.3. The number of nitrogens with two attached hydrogens (primary N) is 1. The SMILES string of the molecule is CC[C@H]1CN(C2Nc3c(N4CCOCC4)nc(-c4cnc(N)nc4)nc3N2CC(F)(F)F)CCN1. The number of ether oxygens (including phenoxy) is 1. The number of piperazine rings is 1. The van der Waals surface area contributed by atoms with Gasteiger partial charge in [-0.25, -0.2) is 19.9 Å². The van der Waals surface area contributed by atoms with Crippen molar-refractivity contribution in [3.05, 3.63) is 12.4 Å². The highest BCUT2D eigenvalue weighted by Crippen LogP contribution is 2.43. The lowest BCUT2D eigenvalue weighted by molar-refractivity contribution is -0.122. The smallest absolute Gasteiger partial charge is 0.378 e. The minimum Gasteiger partial charge on any atom is -0.378 e. The first-order chi connectivity index (χ1) is 16.8.